The predicted molar refractivity (Wildman–Crippen MR) is 56.5 cm³/mol. The summed E-state index contributed by atoms with van der Waals surface area (Å²) < 4.78 is 11.1. The molecule has 1 aliphatic rings. The minimum atomic E-state index is -0.0399. The molecule has 5 nitrogen and oxygen atoms in total. The molecule has 1 fully saturated rings. The molecule has 0 spiro atoms. The fourth-order valence-corrected chi connectivity index (χ4v) is 1.83. The minimum Gasteiger partial charge on any atom is -0.374 e. The van der Waals surface area contributed by atoms with Gasteiger partial charge in [0.1, 0.15) is 12.2 Å². The Morgan fingerprint density at radius 2 is 1.73 bits per heavy atom. The van der Waals surface area contributed by atoms with Gasteiger partial charge in [-0.15, -0.1) is 0 Å². The molecule has 0 saturated carbocycles. The van der Waals surface area contributed by atoms with Gasteiger partial charge in [0, 0.05) is 26.3 Å². The normalized spacial score (nSPS) is 25.9. The average molecular weight is 216 g/mol. The molecule has 1 heterocycles. The Kier molecular flexibility index (Phi) is 5.01. The number of carbonyl (C=O) groups excluding carboxylic acids is 1. The monoisotopic (exact) mass is 216 g/mol. The first-order chi connectivity index (χ1) is 7.22. The van der Waals surface area contributed by atoms with Gasteiger partial charge in [-0.25, -0.2) is 0 Å². The molecule has 1 rings (SSSR count). The Balaban J connectivity index is 2.52. The number of ether oxygens (including phenoxy) is 2. The van der Waals surface area contributed by atoms with Crippen molar-refractivity contribution in [2.75, 3.05) is 32.8 Å². The van der Waals surface area contributed by atoms with Crippen LogP contribution in [0.15, 0.2) is 0 Å². The molecule has 15 heavy (non-hydrogen) atoms. The molecule has 0 aromatic carbocycles. The van der Waals surface area contributed by atoms with Crippen LogP contribution < -0.4 is 5.73 Å². The maximum absolute atomic E-state index is 11.4. The Morgan fingerprint density at radius 3 is 2.07 bits per heavy atom. The van der Waals surface area contributed by atoms with Crippen LogP contribution in [-0.4, -0.2) is 55.9 Å². The molecule has 1 amide bonds. The molecule has 2 N–H and O–H groups in total. The first-order valence-corrected chi connectivity index (χ1v) is 5.43. The summed E-state index contributed by atoms with van der Waals surface area (Å²) in [7, 11) is 0. The van der Waals surface area contributed by atoms with Gasteiger partial charge in [-0.3, -0.25) is 4.79 Å². The number of carbonyl (C=O) groups is 1. The van der Waals surface area contributed by atoms with E-state index in [0.717, 1.165) is 0 Å². The highest BCUT2D eigenvalue weighted by Crippen LogP contribution is 2.16. The smallest absolute Gasteiger partial charge is 0.236 e. The second-order valence-electron chi connectivity index (χ2n) is 3.49. The Bertz CT molecular complexity index is 197. The molecule has 1 aliphatic heterocycles. The van der Waals surface area contributed by atoms with Gasteiger partial charge in [0.05, 0.1) is 6.54 Å². The summed E-state index contributed by atoms with van der Waals surface area (Å²) in [6.07, 6.45) is -0.0177. The zero-order valence-corrected chi connectivity index (χ0v) is 9.44. The summed E-state index contributed by atoms with van der Waals surface area (Å²) in [5, 5.41) is 0. The van der Waals surface area contributed by atoms with Gasteiger partial charge >= 0.3 is 0 Å². The van der Waals surface area contributed by atoms with Crippen molar-refractivity contribution in [1.29, 1.82) is 0 Å². The van der Waals surface area contributed by atoms with Crippen LogP contribution in [0.2, 0.25) is 0 Å². The number of amides is 1. The number of nitrogens with zero attached hydrogens (tertiary/aromatic N) is 1. The zero-order valence-electron chi connectivity index (χ0n) is 9.44. The third-order valence-corrected chi connectivity index (χ3v) is 2.50. The van der Waals surface area contributed by atoms with E-state index in [1.165, 1.54) is 0 Å². The highest BCUT2D eigenvalue weighted by molar-refractivity contribution is 5.78. The van der Waals surface area contributed by atoms with Gasteiger partial charge in [0.15, 0.2) is 0 Å². The van der Waals surface area contributed by atoms with Gasteiger partial charge in [0.25, 0.3) is 0 Å². The topological polar surface area (TPSA) is 64.8 Å². The number of hydrogen-bond acceptors (Lipinski definition) is 4. The van der Waals surface area contributed by atoms with Crippen LogP contribution in [0.3, 0.4) is 0 Å². The molecule has 0 radical (unpaired) electrons. The lowest BCUT2D eigenvalue weighted by Gasteiger charge is -2.17. The molecule has 0 aromatic rings. The van der Waals surface area contributed by atoms with Gasteiger partial charge in [-0.05, 0) is 13.8 Å². The quantitative estimate of drug-likeness (QED) is 0.679. The molecular weight excluding hydrogens is 196 g/mol. The van der Waals surface area contributed by atoms with Gasteiger partial charge in [0.2, 0.25) is 5.91 Å². The van der Waals surface area contributed by atoms with E-state index in [9.17, 15) is 4.79 Å². The molecule has 0 unspecified atom stereocenters. The number of likely N-dealkylation sites (tertiary alicyclic amines) is 1. The SMILES string of the molecule is CCO[C@@H]1CN(C(=O)CN)C[C@H]1OCC. The van der Waals surface area contributed by atoms with Gasteiger partial charge in [-0.1, -0.05) is 0 Å². The van der Waals surface area contributed by atoms with Crippen molar-refractivity contribution in [3.8, 4) is 0 Å². The molecule has 2 atom stereocenters. The fraction of sp³-hybridized carbons (Fsp3) is 0.900. The number of rotatable bonds is 5. The van der Waals surface area contributed by atoms with E-state index in [-0.39, 0.29) is 24.7 Å². The summed E-state index contributed by atoms with van der Waals surface area (Å²) in [5.74, 6) is -0.0399. The molecular formula is C10H20N2O3. The van der Waals surface area contributed by atoms with Crippen LogP contribution in [0.25, 0.3) is 0 Å². The highest BCUT2D eigenvalue weighted by Gasteiger charge is 2.35. The van der Waals surface area contributed by atoms with Crippen LogP contribution >= 0.6 is 0 Å². The van der Waals surface area contributed by atoms with Crippen molar-refractivity contribution in [2.24, 2.45) is 5.73 Å². The largest absolute Gasteiger partial charge is 0.374 e. The molecule has 5 heteroatoms. The van der Waals surface area contributed by atoms with Crippen molar-refractivity contribution < 1.29 is 14.3 Å². The van der Waals surface area contributed by atoms with E-state index in [2.05, 4.69) is 0 Å². The van der Waals surface area contributed by atoms with Crippen molar-refractivity contribution in [3.63, 3.8) is 0 Å². The highest BCUT2D eigenvalue weighted by atomic mass is 16.5. The second kappa shape index (κ2) is 6.05. The molecule has 0 aliphatic carbocycles. The number of hydrogen-bond donors (Lipinski definition) is 1. The summed E-state index contributed by atoms with van der Waals surface area (Å²) >= 11 is 0. The summed E-state index contributed by atoms with van der Waals surface area (Å²) in [6.45, 7) is 6.39. The maximum Gasteiger partial charge on any atom is 0.236 e. The molecule has 1 saturated heterocycles. The van der Waals surface area contributed by atoms with E-state index in [0.29, 0.717) is 26.3 Å². The van der Waals surface area contributed by atoms with Crippen LogP contribution in [0.4, 0.5) is 0 Å². The van der Waals surface area contributed by atoms with Crippen LogP contribution in [0.5, 0.6) is 0 Å². The van der Waals surface area contributed by atoms with Crippen LogP contribution in [-0.2, 0) is 14.3 Å². The van der Waals surface area contributed by atoms with E-state index >= 15 is 0 Å². The van der Waals surface area contributed by atoms with E-state index in [4.69, 9.17) is 15.2 Å². The lowest BCUT2D eigenvalue weighted by atomic mass is 10.2. The first kappa shape index (κ1) is 12.4. The van der Waals surface area contributed by atoms with Gasteiger partial charge in [-0.2, -0.15) is 0 Å². The third kappa shape index (κ3) is 3.15. The molecule has 88 valence electrons. The second-order valence-corrected chi connectivity index (χ2v) is 3.49. The average Bonchev–Trinajstić information content (AvgIpc) is 2.62. The minimum absolute atomic E-state index is 0.00884. The van der Waals surface area contributed by atoms with E-state index < -0.39 is 0 Å². The summed E-state index contributed by atoms with van der Waals surface area (Å²) in [4.78, 5) is 13.1. The summed E-state index contributed by atoms with van der Waals surface area (Å²) in [6, 6.07) is 0. The molecule has 0 bridgehead atoms. The Hall–Kier alpha value is -0.650. The lowest BCUT2D eigenvalue weighted by molar-refractivity contribution is -0.129. The summed E-state index contributed by atoms with van der Waals surface area (Å²) in [5.41, 5.74) is 5.32. The number of nitrogens with two attached hydrogens (primary N) is 1. The Labute approximate surface area is 90.5 Å². The fourth-order valence-electron chi connectivity index (χ4n) is 1.83. The predicted octanol–water partition coefficient (Wildman–Crippen LogP) is -0.402. The van der Waals surface area contributed by atoms with Crippen molar-refractivity contribution in [2.45, 2.75) is 26.1 Å². The Morgan fingerprint density at radius 1 is 1.27 bits per heavy atom. The maximum atomic E-state index is 11.4. The zero-order chi connectivity index (χ0) is 11.3. The first-order valence-electron chi connectivity index (χ1n) is 5.43. The third-order valence-electron chi connectivity index (χ3n) is 2.50. The van der Waals surface area contributed by atoms with Crippen molar-refractivity contribution >= 4 is 5.91 Å². The van der Waals surface area contributed by atoms with E-state index in [1.807, 2.05) is 13.8 Å². The van der Waals surface area contributed by atoms with Crippen LogP contribution in [0, 0.1) is 0 Å². The van der Waals surface area contributed by atoms with E-state index in [1.54, 1.807) is 4.90 Å². The lowest BCUT2D eigenvalue weighted by Crippen LogP contribution is -2.35. The molecule has 0 aromatic heterocycles. The van der Waals surface area contributed by atoms with Crippen molar-refractivity contribution in [1.82, 2.24) is 4.90 Å². The van der Waals surface area contributed by atoms with Crippen molar-refractivity contribution in [3.05, 3.63) is 0 Å². The standard InChI is InChI=1S/C10H20N2O3/c1-3-14-8-6-12(10(13)5-11)7-9(8)15-4-2/h8-9H,3-7,11H2,1-2H3/t8-,9-/m1/s1. The van der Waals surface area contributed by atoms with Crippen LogP contribution in [0.1, 0.15) is 13.8 Å². The van der Waals surface area contributed by atoms with Gasteiger partial charge < -0.3 is 20.1 Å².